The molecule has 0 atom stereocenters. The molecule has 0 bridgehead atoms. The number of amides is 1. The second-order valence-electron chi connectivity index (χ2n) is 7.73. The van der Waals surface area contributed by atoms with Crippen molar-refractivity contribution in [1.29, 1.82) is 0 Å². The molecule has 4 rings (SSSR count). The van der Waals surface area contributed by atoms with Crippen LogP contribution in [0.5, 0.6) is 0 Å². The average Bonchev–Trinajstić information content (AvgIpc) is 2.99. The van der Waals surface area contributed by atoms with Crippen LogP contribution >= 0.6 is 0 Å². The molecule has 8 heteroatoms. The Morgan fingerprint density at radius 3 is 2.71 bits per heavy atom. The fourth-order valence-electron chi connectivity index (χ4n) is 3.45. The standard InChI is InChI=1S/C20H21FN4O2S/c1-12(2)25-16-8-14(19(26)23-20(3)10-28(27)11-20)9-22-18(16)17(24-25)13-5-4-6-15(21)7-13/h4-9,12H,10-11H2,1-3H3,(H,23,26). The molecule has 2 aromatic heterocycles. The van der Waals surface area contributed by atoms with Gasteiger partial charge in [0, 0.05) is 40.1 Å². The van der Waals surface area contributed by atoms with Gasteiger partial charge in [-0.1, -0.05) is 12.1 Å². The van der Waals surface area contributed by atoms with Gasteiger partial charge in [0.15, 0.2) is 0 Å². The highest BCUT2D eigenvalue weighted by molar-refractivity contribution is 7.86. The van der Waals surface area contributed by atoms with Gasteiger partial charge in [0.05, 0.1) is 16.6 Å². The second-order valence-corrected chi connectivity index (χ2v) is 9.19. The van der Waals surface area contributed by atoms with Gasteiger partial charge in [-0.25, -0.2) is 4.39 Å². The Morgan fingerprint density at radius 2 is 2.07 bits per heavy atom. The minimum atomic E-state index is -0.861. The first-order valence-corrected chi connectivity index (χ1v) is 10.6. The van der Waals surface area contributed by atoms with E-state index in [0.29, 0.717) is 39.4 Å². The number of carbonyl (C=O) groups is 1. The van der Waals surface area contributed by atoms with Crippen molar-refractivity contribution in [3.05, 3.63) is 47.9 Å². The van der Waals surface area contributed by atoms with Gasteiger partial charge in [0.2, 0.25) is 0 Å². The van der Waals surface area contributed by atoms with Crippen LogP contribution in [-0.2, 0) is 10.8 Å². The van der Waals surface area contributed by atoms with E-state index in [1.165, 1.54) is 18.3 Å². The molecule has 0 saturated carbocycles. The van der Waals surface area contributed by atoms with E-state index in [0.717, 1.165) is 0 Å². The fraction of sp³-hybridized carbons (Fsp3) is 0.350. The lowest BCUT2D eigenvalue weighted by atomic mass is 10.1. The van der Waals surface area contributed by atoms with E-state index in [4.69, 9.17) is 0 Å². The number of halogens is 1. The molecule has 1 saturated heterocycles. The molecule has 0 spiro atoms. The topological polar surface area (TPSA) is 76.9 Å². The Labute approximate surface area is 164 Å². The van der Waals surface area contributed by atoms with Gasteiger partial charge in [-0.3, -0.25) is 18.7 Å². The van der Waals surface area contributed by atoms with Gasteiger partial charge in [0.1, 0.15) is 17.0 Å². The van der Waals surface area contributed by atoms with Gasteiger partial charge in [-0.2, -0.15) is 5.10 Å². The van der Waals surface area contributed by atoms with E-state index < -0.39 is 16.3 Å². The summed E-state index contributed by atoms with van der Waals surface area (Å²) in [6.45, 7) is 5.86. The highest BCUT2D eigenvalue weighted by atomic mass is 32.2. The molecular formula is C20H21FN4O2S. The largest absolute Gasteiger partial charge is 0.345 e. The van der Waals surface area contributed by atoms with Crippen LogP contribution in [0, 0.1) is 5.82 Å². The van der Waals surface area contributed by atoms with Crippen molar-refractivity contribution in [2.24, 2.45) is 0 Å². The molecule has 1 fully saturated rings. The zero-order valence-corrected chi connectivity index (χ0v) is 16.7. The van der Waals surface area contributed by atoms with E-state index >= 15 is 0 Å². The van der Waals surface area contributed by atoms with Crippen LogP contribution < -0.4 is 5.32 Å². The smallest absolute Gasteiger partial charge is 0.253 e. The van der Waals surface area contributed by atoms with Crippen LogP contribution in [0.2, 0.25) is 0 Å². The summed E-state index contributed by atoms with van der Waals surface area (Å²) in [5.41, 5.74) is 2.52. The van der Waals surface area contributed by atoms with Crippen molar-refractivity contribution in [3.8, 4) is 11.3 Å². The molecular weight excluding hydrogens is 379 g/mol. The van der Waals surface area contributed by atoms with Crippen molar-refractivity contribution in [1.82, 2.24) is 20.1 Å². The summed E-state index contributed by atoms with van der Waals surface area (Å²) >= 11 is 0. The van der Waals surface area contributed by atoms with Gasteiger partial charge in [-0.05, 0) is 39.0 Å². The van der Waals surface area contributed by atoms with Gasteiger partial charge in [0.25, 0.3) is 5.91 Å². The molecule has 0 radical (unpaired) electrons. The molecule has 1 aromatic carbocycles. The lowest BCUT2D eigenvalue weighted by Crippen LogP contribution is -2.61. The van der Waals surface area contributed by atoms with Crippen LogP contribution in [0.4, 0.5) is 4.39 Å². The zero-order chi connectivity index (χ0) is 20.1. The Kier molecular flexibility index (Phi) is 4.53. The number of benzene rings is 1. The number of nitrogens with one attached hydrogen (secondary N) is 1. The number of pyridine rings is 1. The second kappa shape index (κ2) is 6.77. The predicted molar refractivity (Wildman–Crippen MR) is 107 cm³/mol. The Morgan fingerprint density at radius 1 is 1.32 bits per heavy atom. The summed E-state index contributed by atoms with van der Waals surface area (Å²) in [5.74, 6) is 0.327. The summed E-state index contributed by atoms with van der Waals surface area (Å²) in [4.78, 5) is 17.2. The lowest BCUT2D eigenvalue weighted by molar-refractivity contribution is 0.0917. The van der Waals surface area contributed by atoms with E-state index in [9.17, 15) is 13.4 Å². The van der Waals surface area contributed by atoms with Crippen molar-refractivity contribution >= 4 is 27.7 Å². The minimum Gasteiger partial charge on any atom is -0.345 e. The summed E-state index contributed by atoms with van der Waals surface area (Å²) in [6.07, 6.45) is 1.51. The number of rotatable bonds is 4. The van der Waals surface area contributed by atoms with E-state index in [-0.39, 0.29) is 17.8 Å². The number of fused-ring (bicyclic) bond motifs is 1. The van der Waals surface area contributed by atoms with Gasteiger partial charge < -0.3 is 5.32 Å². The molecule has 0 unspecified atom stereocenters. The SMILES string of the molecule is CC(C)n1nc(-c2cccc(F)c2)c2ncc(C(=O)NC3(C)CS(=O)C3)cc21. The van der Waals surface area contributed by atoms with Crippen molar-refractivity contribution in [2.75, 3.05) is 11.5 Å². The number of aromatic nitrogens is 3. The molecule has 1 amide bonds. The number of carbonyl (C=O) groups excluding carboxylic acids is 1. The molecule has 0 aliphatic carbocycles. The molecule has 1 N–H and O–H groups in total. The lowest BCUT2D eigenvalue weighted by Gasteiger charge is -2.37. The number of hydrogen-bond acceptors (Lipinski definition) is 4. The highest BCUT2D eigenvalue weighted by Crippen LogP contribution is 2.29. The molecule has 28 heavy (non-hydrogen) atoms. The first-order chi connectivity index (χ1) is 13.3. The molecule has 1 aliphatic rings. The summed E-state index contributed by atoms with van der Waals surface area (Å²) in [6, 6.07) is 8.02. The van der Waals surface area contributed by atoms with Crippen LogP contribution in [-0.4, -0.2) is 41.9 Å². The first kappa shape index (κ1) is 18.7. The minimum absolute atomic E-state index is 0.0384. The quantitative estimate of drug-likeness (QED) is 0.730. The Bertz CT molecular complexity index is 1100. The molecule has 1 aliphatic heterocycles. The highest BCUT2D eigenvalue weighted by Gasteiger charge is 2.39. The summed E-state index contributed by atoms with van der Waals surface area (Å²) < 4.78 is 26.9. The summed E-state index contributed by atoms with van der Waals surface area (Å²) in [5, 5.41) is 7.58. The Balaban J connectivity index is 1.75. The zero-order valence-electron chi connectivity index (χ0n) is 15.9. The molecule has 3 aromatic rings. The fourth-order valence-corrected chi connectivity index (χ4v) is 4.94. The number of nitrogens with zero attached hydrogens (tertiary/aromatic N) is 3. The van der Waals surface area contributed by atoms with E-state index in [1.54, 1.807) is 22.9 Å². The predicted octanol–water partition coefficient (Wildman–Crippen LogP) is 3.07. The number of hydrogen-bond donors (Lipinski definition) is 1. The maximum absolute atomic E-state index is 13.7. The monoisotopic (exact) mass is 400 g/mol. The normalized spacial score (nSPS) is 21.7. The molecule has 3 heterocycles. The van der Waals surface area contributed by atoms with Crippen LogP contribution in [0.3, 0.4) is 0 Å². The third-order valence-corrected chi connectivity index (χ3v) is 6.69. The maximum atomic E-state index is 13.7. The van der Waals surface area contributed by atoms with Crippen LogP contribution in [0.15, 0.2) is 36.5 Å². The van der Waals surface area contributed by atoms with Gasteiger partial charge in [-0.15, -0.1) is 0 Å². The third-order valence-electron chi connectivity index (χ3n) is 4.77. The first-order valence-electron chi connectivity index (χ1n) is 9.07. The Hall–Kier alpha value is -2.61. The average molecular weight is 400 g/mol. The van der Waals surface area contributed by atoms with Crippen LogP contribution in [0.1, 0.15) is 37.2 Å². The van der Waals surface area contributed by atoms with Crippen molar-refractivity contribution in [2.45, 2.75) is 32.4 Å². The van der Waals surface area contributed by atoms with Crippen LogP contribution in [0.25, 0.3) is 22.3 Å². The van der Waals surface area contributed by atoms with Crippen molar-refractivity contribution < 1.29 is 13.4 Å². The van der Waals surface area contributed by atoms with E-state index in [2.05, 4.69) is 15.4 Å². The van der Waals surface area contributed by atoms with E-state index in [1.807, 2.05) is 20.8 Å². The third kappa shape index (κ3) is 3.32. The van der Waals surface area contributed by atoms with Gasteiger partial charge >= 0.3 is 0 Å². The van der Waals surface area contributed by atoms with Crippen molar-refractivity contribution in [3.63, 3.8) is 0 Å². The summed E-state index contributed by atoms with van der Waals surface area (Å²) in [7, 11) is -0.861. The molecule has 146 valence electrons. The molecule has 6 nitrogen and oxygen atoms in total. The maximum Gasteiger partial charge on any atom is 0.253 e.